The highest BCUT2D eigenvalue weighted by Gasteiger charge is 2.54. The molecule has 8 rings (SSSR count). The number of carbonyl (C=O) groups is 5. The van der Waals surface area contributed by atoms with Crippen LogP contribution in [0.1, 0.15) is 107 Å². The molecule has 394 valence electrons. The number of rotatable bonds is 11. The Balaban J connectivity index is 0.936. The molecule has 1 saturated carbocycles. The number of aryl methyl sites for hydroxylation is 1. The molecule has 21 heteroatoms. The van der Waals surface area contributed by atoms with Gasteiger partial charge in [-0.2, -0.15) is 18.4 Å². The number of aromatic nitrogens is 1. The molecule has 3 N–H and O–H groups in total. The van der Waals surface area contributed by atoms with Gasteiger partial charge in [0.2, 0.25) is 17.7 Å². The van der Waals surface area contributed by atoms with E-state index >= 15 is 4.39 Å². The van der Waals surface area contributed by atoms with E-state index < -0.39 is 93.3 Å². The molecule has 0 spiro atoms. The van der Waals surface area contributed by atoms with Gasteiger partial charge in [0.1, 0.15) is 23.2 Å². The summed E-state index contributed by atoms with van der Waals surface area (Å²) in [5.74, 6) is 1.42. The van der Waals surface area contributed by atoms with Crippen molar-refractivity contribution in [3.63, 3.8) is 0 Å². The molecule has 1 aliphatic carbocycles. The molecule has 5 amide bonds. The number of aliphatic hydroxyl groups is 1. The van der Waals surface area contributed by atoms with E-state index in [0.29, 0.717) is 47.6 Å². The van der Waals surface area contributed by atoms with Gasteiger partial charge in [0, 0.05) is 43.2 Å². The molecule has 4 aliphatic rings. The third-order valence-electron chi connectivity index (χ3n) is 14.2. The highest BCUT2D eigenvalue weighted by molar-refractivity contribution is 7.81. The fraction of sp³-hybridized carbons (Fsp3) is 0.444. The summed E-state index contributed by atoms with van der Waals surface area (Å²) in [6.07, 6.45) is -5.31. The number of β-amino-alcohol motifs (C(OH)–C–C–N with tert-alkyl or cyclic N) is 1. The smallest absolute Gasteiger partial charge is 0.391 e. The zero-order valence-corrected chi connectivity index (χ0v) is 43.6. The van der Waals surface area contributed by atoms with E-state index in [4.69, 9.17) is 12.2 Å². The van der Waals surface area contributed by atoms with Crippen LogP contribution in [-0.2, 0) is 30.1 Å². The number of piperidine rings is 1. The number of halogens is 5. The van der Waals surface area contributed by atoms with Gasteiger partial charge in [0.15, 0.2) is 16.6 Å². The first-order valence-electron chi connectivity index (χ1n) is 24.4. The van der Waals surface area contributed by atoms with Crippen LogP contribution in [0.25, 0.3) is 10.4 Å². The molecule has 4 heterocycles. The lowest BCUT2D eigenvalue weighted by molar-refractivity contribution is -0.145. The van der Waals surface area contributed by atoms with Crippen molar-refractivity contribution < 1.29 is 51.0 Å². The number of anilines is 2. The number of thiocarbonyl (C=S) groups is 1. The van der Waals surface area contributed by atoms with Crippen LogP contribution < -0.4 is 20.4 Å². The quantitative estimate of drug-likeness (QED) is 0.0760. The van der Waals surface area contributed by atoms with Crippen molar-refractivity contribution in [1.29, 1.82) is 5.26 Å². The van der Waals surface area contributed by atoms with Gasteiger partial charge >= 0.3 is 6.18 Å². The maximum absolute atomic E-state index is 15.5. The number of hydrogen-bond acceptors (Lipinski definition) is 10. The van der Waals surface area contributed by atoms with Crippen LogP contribution in [0.4, 0.5) is 33.3 Å². The lowest BCUT2D eigenvalue weighted by atomic mass is 9.85. The number of hydrogen-bond donors (Lipinski definition) is 3. The first-order valence-corrected chi connectivity index (χ1v) is 25.7. The highest BCUT2D eigenvalue weighted by atomic mass is 32.1. The predicted molar refractivity (Wildman–Crippen MR) is 274 cm³/mol. The van der Waals surface area contributed by atoms with Crippen molar-refractivity contribution in [2.75, 3.05) is 29.4 Å². The number of nitrogens with one attached hydrogen (secondary N) is 2. The van der Waals surface area contributed by atoms with E-state index in [1.165, 1.54) is 41.1 Å². The lowest BCUT2D eigenvalue weighted by Gasteiger charge is -2.36. The molecular weight excluding hydrogens is 1020 g/mol. The van der Waals surface area contributed by atoms with Crippen molar-refractivity contribution in [2.24, 2.45) is 11.3 Å². The van der Waals surface area contributed by atoms with Crippen LogP contribution in [-0.4, -0.2) is 104 Å². The van der Waals surface area contributed by atoms with Gasteiger partial charge in [-0.25, -0.2) is 13.8 Å². The van der Waals surface area contributed by atoms with E-state index in [2.05, 4.69) is 27.5 Å². The Kier molecular flexibility index (Phi) is 15.0. The Morgan fingerprint density at radius 3 is 2.21 bits per heavy atom. The van der Waals surface area contributed by atoms with Crippen LogP contribution in [0.2, 0.25) is 0 Å². The van der Waals surface area contributed by atoms with Gasteiger partial charge in [-0.3, -0.25) is 28.9 Å². The monoisotopic (exact) mass is 1070 g/mol. The number of aliphatic hydroxyl groups excluding tert-OH is 1. The number of nitriles is 1. The predicted octanol–water partition coefficient (Wildman–Crippen LogP) is 7.90. The van der Waals surface area contributed by atoms with Crippen molar-refractivity contribution in [3.8, 4) is 28.4 Å². The number of likely N-dealkylation sites (tertiary alicyclic amines) is 2. The third-order valence-corrected chi connectivity index (χ3v) is 15.5. The Bertz CT molecular complexity index is 3040. The second kappa shape index (κ2) is 20.7. The molecule has 3 aliphatic heterocycles. The minimum absolute atomic E-state index is 0.0513. The van der Waals surface area contributed by atoms with Crippen molar-refractivity contribution in [1.82, 2.24) is 25.4 Å². The summed E-state index contributed by atoms with van der Waals surface area (Å²) >= 11 is 7.05. The third kappa shape index (κ3) is 11.1. The second-order valence-corrected chi connectivity index (χ2v) is 22.2. The lowest BCUT2D eigenvalue weighted by Crippen LogP contribution is -2.59. The summed E-state index contributed by atoms with van der Waals surface area (Å²) in [7, 11) is 0. The molecule has 0 bridgehead atoms. The molecule has 3 saturated heterocycles. The molecule has 0 unspecified atom stereocenters. The fourth-order valence-corrected chi connectivity index (χ4v) is 11.0. The first-order chi connectivity index (χ1) is 35.2. The van der Waals surface area contributed by atoms with Crippen LogP contribution in [0.15, 0.2) is 66.2 Å². The van der Waals surface area contributed by atoms with E-state index in [9.17, 15) is 51.9 Å². The first kappa shape index (κ1) is 54.5. The van der Waals surface area contributed by atoms with Gasteiger partial charge in [-0.05, 0) is 112 Å². The zero-order chi connectivity index (χ0) is 54.5. The number of alkyl halides is 4. The van der Waals surface area contributed by atoms with E-state index in [1.54, 1.807) is 55.4 Å². The number of carbonyl (C=O) groups excluding carboxylic acids is 5. The molecule has 14 nitrogen and oxygen atoms in total. The topological polar surface area (TPSA) is 179 Å². The van der Waals surface area contributed by atoms with E-state index in [-0.39, 0.29) is 49.2 Å². The van der Waals surface area contributed by atoms with Crippen molar-refractivity contribution >= 4 is 69.6 Å². The minimum Gasteiger partial charge on any atom is -0.391 e. The molecular formula is C54H55F5N8O6S2. The number of nitrogens with zero attached hydrogens (tertiary/aromatic N) is 6. The Morgan fingerprint density at radius 2 is 1.64 bits per heavy atom. The average molecular weight is 1070 g/mol. The van der Waals surface area contributed by atoms with Gasteiger partial charge in [-0.15, -0.1) is 11.3 Å². The van der Waals surface area contributed by atoms with Crippen LogP contribution in [0.5, 0.6) is 0 Å². The van der Waals surface area contributed by atoms with Gasteiger partial charge < -0.3 is 30.4 Å². The summed E-state index contributed by atoms with van der Waals surface area (Å²) in [5.41, 5.74) is -2.69. The van der Waals surface area contributed by atoms with Gasteiger partial charge in [0.05, 0.1) is 52.0 Å². The fourth-order valence-electron chi connectivity index (χ4n) is 9.69. The molecule has 1 aromatic heterocycles. The van der Waals surface area contributed by atoms with E-state index in [0.717, 1.165) is 28.3 Å². The Morgan fingerprint density at radius 1 is 0.987 bits per heavy atom. The second-order valence-electron chi connectivity index (χ2n) is 21.0. The zero-order valence-electron chi connectivity index (χ0n) is 42.0. The summed E-state index contributed by atoms with van der Waals surface area (Å²) < 4.78 is 71.9. The number of amides is 5. The maximum atomic E-state index is 15.5. The minimum atomic E-state index is -5.21. The summed E-state index contributed by atoms with van der Waals surface area (Å²) in [6.45, 7) is 10.6. The highest BCUT2D eigenvalue weighted by Crippen LogP contribution is 2.43. The summed E-state index contributed by atoms with van der Waals surface area (Å²) in [6, 6.07) is 14.0. The largest absolute Gasteiger partial charge is 0.420 e. The SMILES string of the molecule is Cc1ncsc1-c1ccc([C@H](CC(=O)N2CCC(C#Cc3ccc(N4C(=S)N(c5ccc(C#N)c(C(F)(F)F)c5F)C(=O)C4(C)C)cc3)CC2)NC(=O)[C@@H]2C[C@@H](O)CN2C(=O)[C@@H](NC(=O)C2(F)CC2)C(C)(C)C)cc1. The normalized spacial score (nSPS) is 20.3. The summed E-state index contributed by atoms with van der Waals surface area (Å²) in [5, 5.41) is 25.4. The summed E-state index contributed by atoms with van der Waals surface area (Å²) in [4.78, 5) is 79.5. The molecule has 3 aromatic carbocycles. The molecule has 4 aromatic rings. The molecule has 4 fully saturated rings. The number of thiazole rings is 1. The standard InChI is InChI=1S/C54H55F5N8O6S2/c1-30-44(75-29-61-30)34-13-11-33(12-14-34)38(62-46(70)40-25-37(68)28-65(40)47(71)45(51(2,3)4)63-48(72)53(56)21-22-53)26-41(69)64-23-19-32(20-24-64)8-7-31-9-16-36(17-10-31)67-50(74)66(49(73)52(67,5)6)39-18-15-35(27-60)42(43(39)55)54(57,58)59/h9-18,29,32,37-38,40,45,68H,19-26,28H2,1-6H3,(H,62,70)(H,63,72)/t37-,38+,40+,45-/m1/s1. The van der Waals surface area contributed by atoms with Crippen molar-refractivity contribution in [3.05, 3.63) is 99.9 Å². The molecule has 75 heavy (non-hydrogen) atoms. The van der Waals surface area contributed by atoms with Crippen LogP contribution >= 0.6 is 23.6 Å². The van der Waals surface area contributed by atoms with Crippen LogP contribution in [0.3, 0.4) is 0 Å². The average Bonchev–Trinajstić information content (AvgIpc) is 3.68. The molecule has 4 atom stereocenters. The maximum Gasteiger partial charge on any atom is 0.420 e. The van der Waals surface area contributed by atoms with Crippen molar-refractivity contribution in [2.45, 2.75) is 122 Å². The Hall–Kier alpha value is -6.81. The number of benzene rings is 3. The van der Waals surface area contributed by atoms with E-state index in [1.807, 2.05) is 31.2 Å². The molecule has 0 radical (unpaired) electrons. The Labute approximate surface area is 440 Å². The van der Waals surface area contributed by atoms with Gasteiger partial charge in [-0.1, -0.05) is 56.9 Å². The van der Waals surface area contributed by atoms with Crippen LogP contribution in [0, 0.1) is 47.2 Å². The van der Waals surface area contributed by atoms with Gasteiger partial charge in [0.25, 0.3) is 11.8 Å².